The quantitative estimate of drug-likeness (QED) is 0.225. The molecule has 14 heteroatoms. The molecule has 7 nitrogen and oxygen atoms in total. The van der Waals surface area contributed by atoms with Gasteiger partial charge in [-0.2, -0.15) is 13.2 Å². The van der Waals surface area contributed by atoms with Crippen LogP contribution in [0.3, 0.4) is 0 Å². The molecule has 2 aliphatic heterocycles. The summed E-state index contributed by atoms with van der Waals surface area (Å²) in [6.07, 6.45) is -4.69. The second-order valence-corrected chi connectivity index (χ2v) is 13.8. The van der Waals surface area contributed by atoms with E-state index < -0.39 is 63.7 Å². The molecule has 43 heavy (non-hydrogen) atoms. The van der Waals surface area contributed by atoms with E-state index in [2.05, 4.69) is 37.2 Å². The number of hydrogen-bond donors (Lipinski definition) is 1. The minimum absolute atomic E-state index is 0.335. The highest BCUT2D eigenvalue weighted by Crippen LogP contribution is 2.54. The Kier molecular flexibility index (Phi) is 7.90. The van der Waals surface area contributed by atoms with E-state index in [1.165, 1.54) is 16.7 Å². The topological polar surface area (TPSA) is 88.5 Å². The van der Waals surface area contributed by atoms with Gasteiger partial charge in [0, 0.05) is 19.7 Å². The van der Waals surface area contributed by atoms with Gasteiger partial charge < -0.3 is 5.32 Å². The number of carbonyl (C=O) groups excluding carboxylic acids is 3. The van der Waals surface area contributed by atoms with Crippen LogP contribution >= 0.6 is 55.0 Å². The van der Waals surface area contributed by atoms with Crippen molar-refractivity contribution in [1.82, 2.24) is 4.57 Å². The molecule has 4 aromatic rings. The zero-order valence-corrected chi connectivity index (χ0v) is 26.4. The molecule has 220 valence electrons. The second-order valence-electron chi connectivity index (χ2n) is 9.80. The van der Waals surface area contributed by atoms with Crippen LogP contribution < -0.4 is 15.1 Å². The number of benzene rings is 3. The van der Waals surface area contributed by atoms with Crippen LogP contribution in [-0.2, 0) is 27.1 Å². The van der Waals surface area contributed by atoms with Gasteiger partial charge in [-0.15, -0.1) is 0 Å². The Morgan fingerprint density at radius 2 is 1.51 bits per heavy atom. The van der Waals surface area contributed by atoms with Gasteiger partial charge in [-0.25, -0.2) is 4.90 Å². The van der Waals surface area contributed by atoms with Crippen molar-refractivity contribution < 1.29 is 27.6 Å². The van der Waals surface area contributed by atoms with Crippen LogP contribution in [0.15, 0.2) is 91.6 Å². The van der Waals surface area contributed by atoms with Crippen LogP contribution in [0.25, 0.3) is 0 Å². The van der Waals surface area contributed by atoms with Crippen molar-refractivity contribution in [2.24, 2.45) is 5.92 Å². The minimum Gasteiger partial charge on any atom is -0.324 e. The molecular formula is C29H18Br2F3N3O4S2. The summed E-state index contributed by atoms with van der Waals surface area (Å²) in [6, 6.07) is 18.5. The van der Waals surface area contributed by atoms with Gasteiger partial charge >= 0.3 is 11.0 Å². The molecule has 1 saturated heterocycles. The zero-order valence-electron chi connectivity index (χ0n) is 21.6. The number of para-hydroxylation sites is 1. The molecule has 3 atom stereocenters. The van der Waals surface area contributed by atoms with Crippen LogP contribution in [0.4, 0.5) is 24.5 Å². The van der Waals surface area contributed by atoms with Gasteiger partial charge in [-0.3, -0.25) is 23.7 Å². The molecule has 3 amide bonds. The number of nitrogens with one attached hydrogen (secondary N) is 1. The number of carbonyl (C=O) groups is 3. The van der Waals surface area contributed by atoms with E-state index in [9.17, 15) is 32.3 Å². The minimum atomic E-state index is -4.69. The maximum absolute atomic E-state index is 13.9. The standard InChI is InChI=1S/C29H18Br2F3N3O4S2/c30-15-7-5-14(6-8-15)21-22-23(26(40)37(25(22)39)17-11-9-16(31)10-12-17)42-27-24(21)43-28(41)36(27)13-20(38)35-19-4-2-1-3-18(19)29(32,33)34/h1-12,21-23H,13H2,(H,35,38)/t21-,22?,23?/m1/s1. The molecular weight excluding hydrogens is 735 g/mol. The maximum Gasteiger partial charge on any atom is 0.418 e. The Balaban J connectivity index is 1.39. The van der Waals surface area contributed by atoms with Crippen LogP contribution in [0.1, 0.15) is 21.9 Å². The number of rotatable bonds is 5. The Labute approximate surface area is 267 Å². The number of imide groups is 1. The van der Waals surface area contributed by atoms with Crippen molar-refractivity contribution >= 4 is 84.1 Å². The fourth-order valence-electron chi connectivity index (χ4n) is 5.30. The number of halogens is 5. The van der Waals surface area contributed by atoms with Gasteiger partial charge in [-0.1, -0.05) is 79.2 Å². The average Bonchev–Trinajstić information content (AvgIpc) is 3.40. The van der Waals surface area contributed by atoms with E-state index in [1.807, 2.05) is 0 Å². The fraction of sp³-hybridized carbons (Fsp3) is 0.172. The van der Waals surface area contributed by atoms with Gasteiger partial charge in [-0.05, 0) is 54.1 Å². The highest BCUT2D eigenvalue weighted by molar-refractivity contribution is 9.10. The molecule has 3 heterocycles. The Morgan fingerprint density at radius 1 is 0.884 bits per heavy atom. The number of amides is 3. The molecule has 0 spiro atoms. The average molecular weight is 753 g/mol. The molecule has 2 aliphatic rings. The number of nitrogens with zero attached hydrogens (tertiary/aromatic N) is 2. The van der Waals surface area contributed by atoms with Crippen molar-refractivity contribution in [2.75, 3.05) is 10.2 Å². The lowest BCUT2D eigenvalue weighted by atomic mass is 9.83. The molecule has 0 saturated carbocycles. The van der Waals surface area contributed by atoms with Gasteiger partial charge in [0.1, 0.15) is 11.8 Å². The number of aromatic nitrogens is 1. The molecule has 3 aromatic carbocycles. The van der Waals surface area contributed by atoms with Gasteiger partial charge in [0.05, 0.1) is 27.9 Å². The predicted molar refractivity (Wildman–Crippen MR) is 164 cm³/mol. The van der Waals surface area contributed by atoms with Crippen molar-refractivity contribution in [3.63, 3.8) is 0 Å². The van der Waals surface area contributed by atoms with Crippen molar-refractivity contribution in [1.29, 1.82) is 0 Å². The number of thiazole rings is 1. The molecule has 0 bridgehead atoms. The monoisotopic (exact) mass is 751 g/mol. The van der Waals surface area contributed by atoms with Crippen molar-refractivity contribution in [3.05, 3.63) is 107 Å². The third kappa shape index (κ3) is 5.49. The van der Waals surface area contributed by atoms with Gasteiger partial charge in [0.15, 0.2) is 0 Å². The Morgan fingerprint density at radius 3 is 2.16 bits per heavy atom. The largest absolute Gasteiger partial charge is 0.418 e. The molecule has 1 aromatic heterocycles. The third-order valence-electron chi connectivity index (χ3n) is 7.17. The fourth-order valence-corrected chi connectivity index (χ4v) is 8.60. The highest BCUT2D eigenvalue weighted by Gasteiger charge is 2.56. The summed E-state index contributed by atoms with van der Waals surface area (Å²) in [4.78, 5) is 55.1. The maximum atomic E-state index is 13.9. The lowest BCUT2D eigenvalue weighted by Crippen LogP contribution is -2.33. The summed E-state index contributed by atoms with van der Waals surface area (Å²) in [7, 11) is 0. The first-order chi connectivity index (χ1) is 20.4. The summed E-state index contributed by atoms with van der Waals surface area (Å²) in [5.74, 6) is -3.19. The molecule has 1 N–H and O–H groups in total. The van der Waals surface area contributed by atoms with Crippen molar-refractivity contribution in [3.8, 4) is 0 Å². The summed E-state index contributed by atoms with van der Waals surface area (Å²) < 4.78 is 43.2. The first-order valence-electron chi connectivity index (χ1n) is 12.7. The lowest BCUT2D eigenvalue weighted by Gasteiger charge is -2.30. The van der Waals surface area contributed by atoms with E-state index >= 15 is 0 Å². The number of alkyl halides is 3. The van der Waals surface area contributed by atoms with Crippen LogP contribution in [-0.4, -0.2) is 27.5 Å². The lowest BCUT2D eigenvalue weighted by molar-refractivity contribution is -0.137. The Bertz CT molecular complexity index is 1820. The molecule has 1 fully saturated rings. The summed E-state index contributed by atoms with van der Waals surface area (Å²) >= 11 is 8.65. The first-order valence-corrected chi connectivity index (χ1v) is 16.0. The van der Waals surface area contributed by atoms with E-state index in [-0.39, 0.29) is 0 Å². The van der Waals surface area contributed by atoms with Crippen LogP contribution in [0.5, 0.6) is 0 Å². The first kappa shape index (κ1) is 29.9. The number of thioether (sulfide) groups is 1. The molecule has 0 aliphatic carbocycles. The van der Waals surface area contributed by atoms with Crippen LogP contribution in [0.2, 0.25) is 0 Å². The highest BCUT2D eigenvalue weighted by atomic mass is 79.9. The predicted octanol–water partition coefficient (Wildman–Crippen LogP) is 6.89. The third-order valence-corrected chi connectivity index (χ3v) is 10.8. The number of fused-ring (bicyclic) bond motifs is 2. The van der Waals surface area contributed by atoms with E-state index in [1.54, 1.807) is 48.5 Å². The normalized spacial score (nSPS) is 19.7. The number of hydrogen-bond acceptors (Lipinski definition) is 6. The van der Waals surface area contributed by atoms with Gasteiger partial charge in [0.2, 0.25) is 17.7 Å². The second kappa shape index (κ2) is 11.4. The van der Waals surface area contributed by atoms with Crippen molar-refractivity contribution in [2.45, 2.75) is 28.9 Å². The molecule has 0 radical (unpaired) electrons. The molecule has 6 rings (SSSR count). The van der Waals surface area contributed by atoms with Gasteiger partial charge in [0.25, 0.3) is 0 Å². The van der Waals surface area contributed by atoms with E-state index in [0.29, 0.717) is 21.2 Å². The SMILES string of the molecule is O=C(Cn1c2c(sc1=O)[C@H](c1ccc(Br)cc1)C1C(=O)N(c3ccc(Br)cc3)C(=O)C1S2)Nc1ccccc1C(F)(F)F. The van der Waals surface area contributed by atoms with Crippen LogP contribution in [0, 0.1) is 5.92 Å². The molecule has 2 unspecified atom stereocenters. The number of anilines is 2. The summed E-state index contributed by atoms with van der Waals surface area (Å²) in [5.41, 5.74) is -0.334. The van der Waals surface area contributed by atoms with E-state index in [4.69, 9.17) is 0 Å². The smallest absolute Gasteiger partial charge is 0.324 e. The summed E-state index contributed by atoms with van der Waals surface area (Å²) in [6.45, 7) is -0.577. The summed E-state index contributed by atoms with van der Waals surface area (Å²) in [5, 5.41) is 1.71. The zero-order chi connectivity index (χ0) is 30.6. The van der Waals surface area contributed by atoms with E-state index in [0.717, 1.165) is 49.1 Å². The Hall–Kier alpha value is -3.20.